The van der Waals surface area contributed by atoms with Crippen LogP contribution in [0.2, 0.25) is 0 Å². The quantitative estimate of drug-likeness (QED) is 0.633. The monoisotopic (exact) mass is 446 g/mol. The summed E-state index contributed by atoms with van der Waals surface area (Å²) in [6.45, 7) is 5.01. The van der Waals surface area contributed by atoms with Crippen LogP contribution in [0.3, 0.4) is 0 Å². The maximum absolute atomic E-state index is 13.0. The van der Waals surface area contributed by atoms with Crippen molar-refractivity contribution in [3.63, 3.8) is 0 Å². The third kappa shape index (κ3) is 4.83. The molecule has 0 bridgehead atoms. The molecule has 3 heterocycles. The van der Waals surface area contributed by atoms with Crippen LogP contribution >= 0.6 is 0 Å². The molecule has 1 atom stereocenters. The molecule has 0 radical (unpaired) electrons. The number of aromatic nitrogens is 2. The van der Waals surface area contributed by atoms with Crippen molar-refractivity contribution in [2.75, 3.05) is 31.6 Å². The second-order valence-corrected chi connectivity index (χ2v) is 12.6. The third-order valence-electron chi connectivity index (χ3n) is 5.65. The van der Waals surface area contributed by atoms with Crippen molar-refractivity contribution < 1.29 is 21.6 Å². The Balaban J connectivity index is 1.64. The van der Waals surface area contributed by atoms with Gasteiger partial charge in [-0.1, -0.05) is 13.8 Å². The predicted molar refractivity (Wildman–Crippen MR) is 109 cm³/mol. The van der Waals surface area contributed by atoms with Gasteiger partial charge in [-0.05, 0) is 18.8 Å². The summed E-state index contributed by atoms with van der Waals surface area (Å²) < 4.78 is 52.2. The van der Waals surface area contributed by atoms with E-state index in [1.807, 2.05) is 13.8 Å². The summed E-state index contributed by atoms with van der Waals surface area (Å²) in [7, 11) is -5.01. The Morgan fingerprint density at radius 2 is 1.79 bits per heavy atom. The number of carbonyl (C=O) groups is 1. The highest BCUT2D eigenvalue weighted by Crippen LogP contribution is 2.28. The SMILES string of the molecule is CC(C)c1nc(S(=O)(=O)N2CCC(N3CC(CS(C)(=O)=O)CC3=O)CC2)cn1C. The summed E-state index contributed by atoms with van der Waals surface area (Å²) in [6, 6.07) is -0.0477. The molecule has 11 heteroatoms. The van der Waals surface area contributed by atoms with Crippen LogP contribution in [-0.4, -0.2) is 79.2 Å². The Kier molecular flexibility index (Phi) is 6.13. The van der Waals surface area contributed by atoms with Crippen LogP contribution in [0.4, 0.5) is 0 Å². The number of nitrogens with zero attached hydrogens (tertiary/aromatic N) is 4. The lowest BCUT2D eigenvalue weighted by Gasteiger charge is -2.36. The zero-order valence-electron chi connectivity index (χ0n) is 17.4. The molecule has 29 heavy (non-hydrogen) atoms. The Labute approximate surface area is 173 Å². The summed E-state index contributed by atoms with van der Waals surface area (Å²) in [5.41, 5.74) is 0. The molecule has 2 saturated heterocycles. The van der Waals surface area contributed by atoms with Crippen LogP contribution in [0.5, 0.6) is 0 Å². The van der Waals surface area contributed by atoms with Gasteiger partial charge in [0.05, 0.1) is 5.75 Å². The highest BCUT2D eigenvalue weighted by atomic mass is 32.2. The van der Waals surface area contributed by atoms with Gasteiger partial charge in [0.15, 0.2) is 5.03 Å². The van der Waals surface area contributed by atoms with Gasteiger partial charge in [0.1, 0.15) is 15.7 Å². The van der Waals surface area contributed by atoms with Gasteiger partial charge in [-0.25, -0.2) is 21.8 Å². The van der Waals surface area contributed by atoms with Crippen molar-refractivity contribution in [3.8, 4) is 0 Å². The van der Waals surface area contributed by atoms with Crippen LogP contribution in [0.1, 0.15) is 44.9 Å². The molecule has 0 saturated carbocycles. The summed E-state index contributed by atoms with van der Waals surface area (Å²) in [5, 5.41) is 0.0626. The van der Waals surface area contributed by atoms with Crippen molar-refractivity contribution in [1.82, 2.24) is 18.8 Å². The smallest absolute Gasteiger partial charge is 0.262 e. The number of piperidine rings is 1. The zero-order valence-corrected chi connectivity index (χ0v) is 19.0. The number of sulfone groups is 1. The minimum Gasteiger partial charge on any atom is -0.339 e. The second kappa shape index (κ2) is 7.99. The van der Waals surface area contributed by atoms with E-state index in [1.165, 1.54) is 10.6 Å². The molecule has 2 aliphatic heterocycles. The van der Waals surface area contributed by atoms with Gasteiger partial charge in [-0.2, -0.15) is 4.31 Å². The first-order valence-corrected chi connectivity index (χ1v) is 13.4. The van der Waals surface area contributed by atoms with Gasteiger partial charge in [0.25, 0.3) is 10.0 Å². The standard InChI is InChI=1S/C18H30N4O5S2/c1-13(2)18-19-16(11-20(18)3)29(26,27)21-7-5-15(6-8-21)22-10-14(9-17(22)23)12-28(4,24)25/h11,13-15H,5-10,12H2,1-4H3. The number of carbonyl (C=O) groups excluding carboxylic acids is 1. The molecule has 164 valence electrons. The molecule has 2 aliphatic rings. The van der Waals surface area contributed by atoms with Gasteiger partial charge in [-0.3, -0.25) is 4.79 Å². The zero-order chi connectivity index (χ0) is 21.6. The molecule has 1 amide bonds. The third-order valence-corrected chi connectivity index (χ3v) is 8.50. The maximum Gasteiger partial charge on any atom is 0.262 e. The van der Waals surface area contributed by atoms with E-state index in [9.17, 15) is 21.6 Å². The first kappa shape index (κ1) is 22.2. The van der Waals surface area contributed by atoms with Crippen molar-refractivity contribution in [2.45, 2.75) is 50.1 Å². The number of aryl methyl sites for hydroxylation is 1. The lowest BCUT2D eigenvalue weighted by molar-refractivity contribution is -0.130. The summed E-state index contributed by atoms with van der Waals surface area (Å²) >= 11 is 0. The Morgan fingerprint density at radius 3 is 2.31 bits per heavy atom. The van der Waals surface area contributed by atoms with E-state index < -0.39 is 19.9 Å². The molecule has 9 nitrogen and oxygen atoms in total. The Hall–Kier alpha value is -1.46. The van der Waals surface area contributed by atoms with E-state index in [1.54, 1.807) is 22.7 Å². The second-order valence-electron chi connectivity index (χ2n) is 8.55. The fourth-order valence-corrected chi connectivity index (χ4v) is 6.88. The van der Waals surface area contributed by atoms with E-state index in [0.717, 1.165) is 5.82 Å². The maximum atomic E-state index is 13.0. The van der Waals surface area contributed by atoms with Gasteiger partial charge >= 0.3 is 0 Å². The van der Waals surface area contributed by atoms with Crippen LogP contribution < -0.4 is 0 Å². The Morgan fingerprint density at radius 1 is 1.17 bits per heavy atom. The summed E-state index contributed by atoms with van der Waals surface area (Å²) in [4.78, 5) is 18.4. The highest BCUT2D eigenvalue weighted by Gasteiger charge is 2.39. The average molecular weight is 447 g/mol. The van der Waals surface area contributed by atoms with Crippen molar-refractivity contribution in [2.24, 2.45) is 13.0 Å². The van der Waals surface area contributed by atoms with E-state index >= 15 is 0 Å². The topological polar surface area (TPSA) is 110 Å². The highest BCUT2D eigenvalue weighted by molar-refractivity contribution is 7.90. The predicted octanol–water partition coefficient (Wildman–Crippen LogP) is 0.590. The summed E-state index contributed by atoms with van der Waals surface area (Å²) in [5.74, 6) is 0.641. The van der Waals surface area contributed by atoms with Crippen LogP contribution in [-0.2, 0) is 31.7 Å². The molecular formula is C18H30N4O5S2. The number of imidazole rings is 1. The number of likely N-dealkylation sites (tertiary alicyclic amines) is 1. The molecule has 1 aromatic heterocycles. The van der Waals surface area contributed by atoms with Gasteiger partial charge in [-0.15, -0.1) is 0 Å². The summed E-state index contributed by atoms with van der Waals surface area (Å²) in [6.07, 6.45) is 4.07. The van der Waals surface area contributed by atoms with E-state index in [0.29, 0.717) is 32.5 Å². The molecule has 2 fully saturated rings. The van der Waals surface area contributed by atoms with Crippen LogP contribution in [0, 0.1) is 5.92 Å². The number of hydrogen-bond acceptors (Lipinski definition) is 6. The van der Waals surface area contributed by atoms with Gasteiger partial charge < -0.3 is 9.47 Å². The minimum atomic E-state index is -3.67. The van der Waals surface area contributed by atoms with E-state index in [-0.39, 0.29) is 41.0 Å². The fourth-order valence-electron chi connectivity index (χ4n) is 4.34. The average Bonchev–Trinajstić information content (AvgIpc) is 3.16. The molecule has 3 rings (SSSR count). The fraction of sp³-hybridized carbons (Fsp3) is 0.778. The minimum absolute atomic E-state index is 0.0142. The van der Waals surface area contributed by atoms with Crippen molar-refractivity contribution in [3.05, 3.63) is 12.0 Å². The van der Waals surface area contributed by atoms with Gasteiger partial charge in [0.2, 0.25) is 5.91 Å². The normalized spacial score (nSPS) is 22.7. The largest absolute Gasteiger partial charge is 0.339 e. The molecule has 0 aromatic carbocycles. The first-order chi connectivity index (χ1) is 13.4. The molecule has 0 aliphatic carbocycles. The molecule has 0 spiro atoms. The van der Waals surface area contributed by atoms with Crippen LogP contribution in [0.25, 0.3) is 0 Å². The molecule has 1 unspecified atom stereocenters. The van der Waals surface area contributed by atoms with E-state index in [4.69, 9.17) is 0 Å². The number of rotatable bonds is 6. The van der Waals surface area contributed by atoms with Crippen molar-refractivity contribution >= 4 is 25.8 Å². The molecule has 1 aromatic rings. The number of hydrogen-bond donors (Lipinski definition) is 0. The number of amides is 1. The van der Waals surface area contributed by atoms with Crippen LogP contribution in [0.15, 0.2) is 11.2 Å². The lowest BCUT2D eigenvalue weighted by Crippen LogP contribution is -2.47. The molecule has 0 N–H and O–H groups in total. The van der Waals surface area contributed by atoms with Gasteiger partial charge in [0, 0.05) is 57.5 Å². The lowest BCUT2D eigenvalue weighted by atomic mass is 10.1. The van der Waals surface area contributed by atoms with E-state index in [2.05, 4.69) is 4.98 Å². The Bertz CT molecular complexity index is 976. The van der Waals surface area contributed by atoms with Crippen molar-refractivity contribution in [1.29, 1.82) is 0 Å². The molecular weight excluding hydrogens is 416 g/mol. The first-order valence-electron chi connectivity index (χ1n) is 9.89. The number of sulfonamides is 1.